The Bertz CT molecular complexity index is 412. The minimum absolute atomic E-state index is 0.0186. The molecule has 0 radical (unpaired) electrons. The molecule has 1 rings (SSSR count). The summed E-state index contributed by atoms with van der Waals surface area (Å²) in [7, 11) is 0. The van der Waals surface area contributed by atoms with Crippen LogP contribution in [0.5, 0.6) is 0 Å². The van der Waals surface area contributed by atoms with Gasteiger partial charge in [0.05, 0.1) is 13.2 Å². The van der Waals surface area contributed by atoms with Crippen molar-refractivity contribution >= 4 is 18.0 Å². The number of hydrogen-bond donors (Lipinski definition) is 2. The van der Waals surface area contributed by atoms with Crippen molar-refractivity contribution in [1.82, 2.24) is 10.2 Å². The quantitative estimate of drug-likeness (QED) is 0.769. The summed E-state index contributed by atoms with van der Waals surface area (Å²) >= 11 is 0. The number of ether oxygens (including phenoxy) is 2. The van der Waals surface area contributed by atoms with Crippen LogP contribution in [0.15, 0.2) is 0 Å². The maximum atomic E-state index is 12.0. The van der Waals surface area contributed by atoms with Gasteiger partial charge in [0.1, 0.15) is 11.6 Å². The second-order valence-electron chi connectivity index (χ2n) is 6.07. The predicted molar refractivity (Wildman–Crippen MR) is 77.4 cm³/mol. The minimum atomic E-state index is -1.19. The zero-order valence-electron chi connectivity index (χ0n) is 13.3. The lowest BCUT2D eigenvalue weighted by atomic mass is 10.1. The largest absolute Gasteiger partial charge is 0.480 e. The molecule has 2 amide bonds. The van der Waals surface area contributed by atoms with Crippen molar-refractivity contribution < 1.29 is 29.0 Å². The molecule has 8 nitrogen and oxygen atoms in total. The van der Waals surface area contributed by atoms with Crippen LogP contribution in [-0.2, 0) is 19.1 Å². The fourth-order valence-corrected chi connectivity index (χ4v) is 1.95. The summed E-state index contributed by atoms with van der Waals surface area (Å²) in [4.78, 5) is 36.4. The van der Waals surface area contributed by atoms with Gasteiger partial charge >= 0.3 is 12.1 Å². The number of carboxylic acids is 1. The maximum Gasteiger partial charge on any atom is 0.408 e. The lowest BCUT2D eigenvalue weighted by molar-refractivity contribution is -0.140. The molecule has 1 aliphatic heterocycles. The summed E-state index contributed by atoms with van der Waals surface area (Å²) in [6.45, 7) is 7.06. The molecule has 0 bridgehead atoms. The molecule has 0 aromatic rings. The Labute approximate surface area is 129 Å². The third-order valence-corrected chi connectivity index (χ3v) is 3.00. The lowest BCUT2D eigenvalue weighted by Gasteiger charge is -2.27. The smallest absolute Gasteiger partial charge is 0.408 e. The second kappa shape index (κ2) is 7.98. The van der Waals surface area contributed by atoms with Crippen LogP contribution >= 0.6 is 0 Å². The number of morpholine rings is 1. The van der Waals surface area contributed by atoms with Crippen molar-refractivity contribution in [3.05, 3.63) is 0 Å². The van der Waals surface area contributed by atoms with Gasteiger partial charge in [0, 0.05) is 19.5 Å². The Morgan fingerprint density at radius 1 is 1.27 bits per heavy atom. The highest BCUT2D eigenvalue weighted by molar-refractivity contribution is 5.81. The van der Waals surface area contributed by atoms with Crippen LogP contribution in [0.4, 0.5) is 4.79 Å². The zero-order valence-corrected chi connectivity index (χ0v) is 13.3. The predicted octanol–water partition coefficient (Wildman–Crippen LogP) is 0.603. The van der Waals surface area contributed by atoms with Gasteiger partial charge in [-0.3, -0.25) is 4.79 Å². The van der Waals surface area contributed by atoms with Gasteiger partial charge in [-0.05, 0) is 27.2 Å². The average Bonchev–Trinajstić information content (AvgIpc) is 2.41. The van der Waals surface area contributed by atoms with E-state index in [1.54, 1.807) is 25.7 Å². The first-order valence-corrected chi connectivity index (χ1v) is 7.27. The van der Waals surface area contributed by atoms with Crippen LogP contribution < -0.4 is 5.32 Å². The van der Waals surface area contributed by atoms with Gasteiger partial charge in [-0.2, -0.15) is 0 Å². The molecule has 1 atom stereocenters. The van der Waals surface area contributed by atoms with Gasteiger partial charge in [-0.25, -0.2) is 9.59 Å². The van der Waals surface area contributed by atoms with E-state index >= 15 is 0 Å². The molecule has 0 saturated carbocycles. The van der Waals surface area contributed by atoms with E-state index in [1.807, 2.05) is 0 Å². The van der Waals surface area contributed by atoms with E-state index in [-0.39, 0.29) is 18.7 Å². The first-order valence-electron chi connectivity index (χ1n) is 7.27. The molecule has 0 unspecified atom stereocenters. The first-order chi connectivity index (χ1) is 10.2. The number of hydrogen-bond acceptors (Lipinski definition) is 5. The maximum absolute atomic E-state index is 12.0. The highest BCUT2D eigenvalue weighted by atomic mass is 16.6. The first kappa shape index (κ1) is 18.2. The van der Waals surface area contributed by atoms with Crippen molar-refractivity contribution in [1.29, 1.82) is 0 Å². The van der Waals surface area contributed by atoms with Gasteiger partial charge in [-0.1, -0.05) is 0 Å². The molecule has 1 aliphatic rings. The summed E-state index contributed by atoms with van der Waals surface area (Å²) in [5.74, 6) is -1.33. The van der Waals surface area contributed by atoms with E-state index in [2.05, 4.69) is 5.32 Å². The zero-order chi connectivity index (χ0) is 16.8. The molecule has 22 heavy (non-hydrogen) atoms. The van der Waals surface area contributed by atoms with Gasteiger partial charge in [0.25, 0.3) is 0 Å². The van der Waals surface area contributed by atoms with Crippen LogP contribution in [-0.4, -0.2) is 65.9 Å². The number of aliphatic carboxylic acids is 1. The fraction of sp³-hybridized carbons (Fsp3) is 0.786. The number of carbonyl (C=O) groups is 3. The van der Waals surface area contributed by atoms with E-state index in [0.29, 0.717) is 26.3 Å². The molecular weight excluding hydrogens is 292 g/mol. The third-order valence-electron chi connectivity index (χ3n) is 3.00. The molecule has 1 saturated heterocycles. The average molecular weight is 316 g/mol. The summed E-state index contributed by atoms with van der Waals surface area (Å²) in [5, 5.41) is 11.4. The van der Waals surface area contributed by atoms with Gasteiger partial charge in [-0.15, -0.1) is 0 Å². The van der Waals surface area contributed by atoms with Crippen LogP contribution in [0.3, 0.4) is 0 Å². The number of nitrogens with zero attached hydrogens (tertiary/aromatic N) is 1. The van der Waals surface area contributed by atoms with Crippen molar-refractivity contribution in [3.8, 4) is 0 Å². The summed E-state index contributed by atoms with van der Waals surface area (Å²) in [6, 6.07) is -1.15. The number of rotatable bonds is 5. The van der Waals surface area contributed by atoms with Crippen LogP contribution in [0.25, 0.3) is 0 Å². The Morgan fingerprint density at radius 2 is 1.86 bits per heavy atom. The molecule has 8 heteroatoms. The third kappa shape index (κ3) is 6.75. The van der Waals surface area contributed by atoms with Crippen LogP contribution in [0.2, 0.25) is 0 Å². The number of nitrogens with one attached hydrogen (secondary N) is 1. The van der Waals surface area contributed by atoms with E-state index in [1.165, 1.54) is 0 Å². The molecule has 0 aromatic heterocycles. The van der Waals surface area contributed by atoms with Crippen LogP contribution in [0, 0.1) is 0 Å². The monoisotopic (exact) mass is 316 g/mol. The second-order valence-corrected chi connectivity index (χ2v) is 6.07. The SMILES string of the molecule is CC(C)(C)OC(=O)N[C@H](CCC(=O)N1CCOCC1)C(=O)O. The molecule has 2 N–H and O–H groups in total. The summed E-state index contributed by atoms with van der Waals surface area (Å²) in [5.41, 5.74) is -0.712. The Morgan fingerprint density at radius 3 is 2.36 bits per heavy atom. The fourth-order valence-electron chi connectivity index (χ4n) is 1.95. The highest BCUT2D eigenvalue weighted by Crippen LogP contribution is 2.09. The van der Waals surface area contributed by atoms with Crippen LogP contribution in [0.1, 0.15) is 33.6 Å². The summed E-state index contributed by atoms with van der Waals surface area (Å²) < 4.78 is 10.2. The van der Waals surface area contributed by atoms with E-state index in [0.717, 1.165) is 0 Å². The highest BCUT2D eigenvalue weighted by Gasteiger charge is 2.26. The number of amides is 2. The molecule has 126 valence electrons. The van der Waals surface area contributed by atoms with Gasteiger partial charge in [0.2, 0.25) is 5.91 Å². The summed E-state index contributed by atoms with van der Waals surface area (Å²) in [6.07, 6.45) is -0.740. The number of carbonyl (C=O) groups excluding carboxylic acids is 2. The Kier molecular flexibility index (Phi) is 6.61. The van der Waals surface area contributed by atoms with Crippen molar-refractivity contribution in [2.75, 3.05) is 26.3 Å². The molecular formula is C14H24N2O6. The van der Waals surface area contributed by atoms with E-state index < -0.39 is 23.7 Å². The van der Waals surface area contributed by atoms with E-state index in [4.69, 9.17) is 14.6 Å². The number of carboxylic acid groups (broad SMARTS) is 1. The standard InChI is InChI=1S/C14H24N2O6/c1-14(2,3)22-13(20)15-10(12(18)19)4-5-11(17)16-6-8-21-9-7-16/h10H,4-9H2,1-3H3,(H,15,20)(H,18,19)/t10-/m1/s1. The van der Waals surface area contributed by atoms with Crippen molar-refractivity contribution in [2.24, 2.45) is 0 Å². The van der Waals surface area contributed by atoms with Crippen molar-refractivity contribution in [3.63, 3.8) is 0 Å². The number of alkyl carbamates (subject to hydrolysis) is 1. The molecule has 0 spiro atoms. The van der Waals surface area contributed by atoms with E-state index in [9.17, 15) is 14.4 Å². The molecule has 1 fully saturated rings. The molecule has 1 heterocycles. The minimum Gasteiger partial charge on any atom is -0.480 e. The van der Waals surface area contributed by atoms with Crippen molar-refractivity contribution in [2.45, 2.75) is 45.3 Å². The van der Waals surface area contributed by atoms with Gasteiger partial charge < -0.3 is 24.8 Å². The molecule has 0 aromatic carbocycles. The normalized spacial score (nSPS) is 16.8. The topological polar surface area (TPSA) is 105 Å². The Hall–Kier alpha value is -1.83. The van der Waals surface area contributed by atoms with Gasteiger partial charge in [0.15, 0.2) is 0 Å². The lowest BCUT2D eigenvalue weighted by Crippen LogP contribution is -2.45. The Balaban J connectivity index is 2.45. The molecule has 0 aliphatic carbocycles.